The second-order valence-corrected chi connectivity index (χ2v) is 7.43. The number of halogens is 1. The lowest BCUT2D eigenvalue weighted by atomic mass is 9.88. The number of hydrogen-bond donors (Lipinski definition) is 2. The van der Waals surface area contributed by atoms with E-state index in [4.69, 9.17) is 5.73 Å². The highest BCUT2D eigenvalue weighted by Crippen LogP contribution is 2.33. The number of nitrogen functional groups attached to an aromatic ring is 1. The average molecular weight is 384 g/mol. The molecule has 0 heterocycles. The smallest absolute Gasteiger partial charge is 0.289 e. The maximum absolute atomic E-state index is 12.7. The summed E-state index contributed by atoms with van der Waals surface area (Å²) in [4.78, 5) is 10.1. The van der Waals surface area contributed by atoms with E-state index in [-0.39, 0.29) is 17.3 Å². The van der Waals surface area contributed by atoms with Crippen LogP contribution < -0.4 is 10.5 Å². The van der Waals surface area contributed by atoms with Crippen LogP contribution in [0, 0.1) is 10.1 Å². The van der Waals surface area contributed by atoms with Gasteiger partial charge in [-0.1, -0.05) is 18.2 Å². The standard InChI is InChI=1S/C16H17N3O4S.ClH/c17-12-8-9-13-11(10-12)4-3-5-14(13)18-24(22,23)16-7-2-1-6-15(16)19(20)21;/h1-2,6-10,14,18H,3-5,17H2;1H. The molecule has 0 fully saturated rings. The molecule has 1 aliphatic rings. The van der Waals surface area contributed by atoms with Crippen LogP contribution in [-0.2, 0) is 16.4 Å². The van der Waals surface area contributed by atoms with Gasteiger partial charge in [-0.05, 0) is 48.6 Å². The Morgan fingerprint density at radius 2 is 1.92 bits per heavy atom. The van der Waals surface area contributed by atoms with Crippen molar-refractivity contribution in [2.24, 2.45) is 0 Å². The highest BCUT2D eigenvalue weighted by molar-refractivity contribution is 7.89. The zero-order valence-corrected chi connectivity index (χ0v) is 14.8. The molecular formula is C16H18ClN3O4S. The van der Waals surface area contributed by atoms with Crippen molar-refractivity contribution in [3.8, 4) is 0 Å². The van der Waals surface area contributed by atoms with E-state index in [1.165, 1.54) is 24.3 Å². The predicted molar refractivity (Wildman–Crippen MR) is 97.2 cm³/mol. The number of para-hydroxylation sites is 1. The molecule has 1 aliphatic carbocycles. The number of aryl methyl sites for hydroxylation is 1. The Hall–Kier alpha value is -2.16. The lowest BCUT2D eigenvalue weighted by Crippen LogP contribution is -2.31. The molecule has 3 N–H and O–H groups in total. The minimum absolute atomic E-state index is 0. The van der Waals surface area contributed by atoms with Gasteiger partial charge in [-0.3, -0.25) is 10.1 Å². The molecule has 0 aromatic heterocycles. The molecule has 3 rings (SSSR count). The molecule has 7 nitrogen and oxygen atoms in total. The van der Waals surface area contributed by atoms with Crippen LogP contribution in [0.5, 0.6) is 0 Å². The van der Waals surface area contributed by atoms with E-state index >= 15 is 0 Å². The second kappa shape index (κ2) is 7.38. The predicted octanol–water partition coefficient (Wildman–Crippen LogP) is 2.95. The van der Waals surface area contributed by atoms with Crippen LogP contribution >= 0.6 is 12.4 Å². The normalized spacial score (nSPS) is 16.6. The summed E-state index contributed by atoms with van der Waals surface area (Å²) in [6, 6.07) is 10.3. The van der Waals surface area contributed by atoms with Crippen LogP contribution in [-0.4, -0.2) is 13.3 Å². The third-order valence-corrected chi connectivity index (χ3v) is 5.65. The van der Waals surface area contributed by atoms with Gasteiger partial charge in [0.25, 0.3) is 5.69 Å². The first kappa shape index (κ1) is 19.2. The van der Waals surface area contributed by atoms with Gasteiger partial charge in [-0.25, -0.2) is 13.1 Å². The molecule has 0 aliphatic heterocycles. The highest BCUT2D eigenvalue weighted by Gasteiger charge is 2.30. The first-order chi connectivity index (χ1) is 11.4. The van der Waals surface area contributed by atoms with Gasteiger partial charge in [-0.2, -0.15) is 0 Å². The summed E-state index contributed by atoms with van der Waals surface area (Å²) < 4.78 is 27.9. The number of sulfonamides is 1. The molecule has 0 spiro atoms. The molecule has 0 saturated carbocycles. The van der Waals surface area contributed by atoms with E-state index in [9.17, 15) is 18.5 Å². The Labute approximate surface area is 151 Å². The number of fused-ring (bicyclic) bond motifs is 1. The minimum Gasteiger partial charge on any atom is -0.399 e. The molecule has 2 aromatic carbocycles. The average Bonchev–Trinajstić information content (AvgIpc) is 2.54. The Balaban J connectivity index is 0.00000225. The van der Waals surface area contributed by atoms with E-state index in [0.717, 1.165) is 24.0 Å². The van der Waals surface area contributed by atoms with E-state index < -0.39 is 26.7 Å². The summed E-state index contributed by atoms with van der Waals surface area (Å²) in [5, 5.41) is 11.1. The number of nitro groups is 1. The zero-order valence-electron chi connectivity index (χ0n) is 13.2. The summed E-state index contributed by atoms with van der Waals surface area (Å²) in [7, 11) is -4.01. The monoisotopic (exact) mass is 383 g/mol. The summed E-state index contributed by atoms with van der Waals surface area (Å²) in [6.45, 7) is 0. The van der Waals surface area contributed by atoms with Gasteiger partial charge >= 0.3 is 0 Å². The van der Waals surface area contributed by atoms with Crippen molar-refractivity contribution in [2.45, 2.75) is 30.2 Å². The molecule has 2 aromatic rings. The van der Waals surface area contributed by atoms with Crippen molar-refractivity contribution >= 4 is 33.8 Å². The molecular weight excluding hydrogens is 366 g/mol. The number of nitrogens with one attached hydrogen (secondary N) is 1. The van der Waals surface area contributed by atoms with Crippen LogP contribution in [0.25, 0.3) is 0 Å². The lowest BCUT2D eigenvalue weighted by molar-refractivity contribution is -0.387. The largest absolute Gasteiger partial charge is 0.399 e. The highest BCUT2D eigenvalue weighted by atomic mass is 35.5. The molecule has 1 unspecified atom stereocenters. The van der Waals surface area contributed by atoms with E-state index in [2.05, 4.69) is 4.72 Å². The van der Waals surface area contributed by atoms with E-state index in [1.807, 2.05) is 12.1 Å². The maximum atomic E-state index is 12.7. The van der Waals surface area contributed by atoms with Gasteiger partial charge in [0.15, 0.2) is 4.90 Å². The first-order valence-electron chi connectivity index (χ1n) is 7.52. The minimum atomic E-state index is -4.01. The molecule has 25 heavy (non-hydrogen) atoms. The molecule has 1 atom stereocenters. The summed E-state index contributed by atoms with van der Waals surface area (Å²) in [5.74, 6) is 0. The second-order valence-electron chi connectivity index (χ2n) is 5.75. The third kappa shape index (κ3) is 3.92. The van der Waals surface area contributed by atoms with Crippen molar-refractivity contribution in [1.29, 1.82) is 0 Å². The van der Waals surface area contributed by atoms with Crippen LogP contribution in [0.4, 0.5) is 11.4 Å². The number of nitro benzene ring substituents is 1. The molecule has 0 radical (unpaired) electrons. The molecule has 134 valence electrons. The molecule has 0 amide bonds. The zero-order chi connectivity index (χ0) is 17.3. The topological polar surface area (TPSA) is 115 Å². The van der Waals surface area contributed by atoms with Crippen LogP contribution in [0.1, 0.15) is 30.0 Å². The van der Waals surface area contributed by atoms with Crippen molar-refractivity contribution in [3.05, 3.63) is 63.7 Å². The number of rotatable bonds is 4. The number of nitrogens with zero attached hydrogens (tertiary/aromatic N) is 1. The van der Waals surface area contributed by atoms with Crippen molar-refractivity contribution < 1.29 is 13.3 Å². The van der Waals surface area contributed by atoms with Crippen LogP contribution in [0.2, 0.25) is 0 Å². The fraction of sp³-hybridized carbons (Fsp3) is 0.250. The SMILES string of the molecule is Cl.Nc1ccc2c(c1)CCCC2NS(=O)(=O)c1ccccc1[N+](=O)[O-]. The van der Waals surface area contributed by atoms with Gasteiger partial charge in [0.1, 0.15) is 0 Å². The lowest BCUT2D eigenvalue weighted by Gasteiger charge is -2.26. The Morgan fingerprint density at radius 1 is 1.20 bits per heavy atom. The van der Waals surface area contributed by atoms with Crippen LogP contribution in [0.15, 0.2) is 47.4 Å². The van der Waals surface area contributed by atoms with Gasteiger partial charge in [0.05, 0.1) is 4.92 Å². The number of benzene rings is 2. The van der Waals surface area contributed by atoms with Crippen molar-refractivity contribution in [1.82, 2.24) is 4.72 Å². The fourth-order valence-corrected chi connectivity index (χ4v) is 4.46. The number of anilines is 1. The number of hydrogen-bond acceptors (Lipinski definition) is 5. The third-order valence-electron chi connectivity index (χ3n) is 4.13. The van der Waals surface area contributed by atoms with E-state index in [0.29, 0.717) is 12.1 Å². The summed E-state index contributed by atoms with van der Waals surface area (Å²) >= 11 is 0. The first-order valence-corrected chi connectivity index (χ1v) is 9.01. The fourth-order valence-electron chi connectivity index (χ4n) is 3.04. The van der Waals surface area contributed by atoms with Gasteiger partial charge in [0, 0.05) is 17.8 Å². The van der Waals surface area contributed by atoms with Gasteiger partial charge in [0.2, 0.25) is 10.0 Å². The van der Waals surface area contributed by atoms with Gasteiger partial charge in [-0.15, -0.1) is 12.4 Å². The Morgan fingerprint density at radius 3 is 2.64 bits per heavy atom. The number of nitrogens with two attached hydrogens (primary N) is 1. The Bertz CT molecular complexity index is 902. The van der Waals surface area contributed by atoms with E-state index in [1.54, 1.807) is 6.07 Å². The van der Waals surface area contributed by atoms with Crippen LogP contribution in [0.3, 0.4) is 0 Å². The Kier molecular flexibility index (Phi) is 5.66. The van der Waals surface area contributed by atoms with Gasteiger partial charge < -0.3 is 5.73 Å². The summed E-state index contributed by atoms with van der Waals surface area (Å²) in [6.07, 6.45) is 2.29. The quantitative estimate of drug-likeness (QED) is 0.478. The maximum Gasteiger partial charge on any atom is 0.289 e. The molecule has 0 saturated heterocycles. The molecule has 0 bridgehead atoms. The van der Waals surface area contributed by atoms with Crippen molar-refractivity contribution in [2.75, 3.05) is 5.73 Å². The summed E-state index contributed by atoms with van der Waals surface area (Å²) in [5.41, 5.74) is 7.87. The molecule has 9 heteroatoms. The van der Waals surface area contributed by atoms with Crippen molar-refractivity contribution in [3.63, 3.8) is 0 Å².